The number of fused-ring (bicyclic) bond motifs is 1. The lowest BCUT2D eigenvalue weighted by Crippen LogP contribution is -2.31. The van der Waals surface area contributed by atoms with Crippen molar-refractivity contribution in [2.45, 2.75) is 26.3 Å². The van der Waals surface area contributed by atoms with Crippen molar-refractivity contribution in [3.8, 4) is 11.5 Å². The second-order valence-corrected chi connectivity index (χ2v) is 9.38. The van der Waals surface area contributed by atoms with Gasteiger partial charge in [0.2, 0.25) is 0 Å². The third kappa shape index (κ3) is 4.86. The molecule has 0 radical (unpaired) electrons. The minimum Gasteiger partial charge on any atom is -0.495 e. The Morgan fingerprint density at radius 1 is 1.09 bits per heavy atom. The molecule has 1 fully saturated rings. The standard InChI is InChI=1S/C26H28N2O3S/c1-16(2)15-31-22-12-10-18(19-7-5-6-8-20(19)22)14-24-25(29)28-26(32-24)27-21-13-17(3)9-11-23(21)30-4/h5-14,16,26-27H,15H2,1-4H3,(H,28,29)/b24-14-. The van der Waals surface area contributed by atoms with Gasteiger partial charge in [-0.1, -0.05) is 62.0 Å². The summed E-state index contributed by atoms with van der Waals surface area (Å²) in [4.78, 5) is 13.3. The third-order valence-corrected chi connectivity index (χ3v) is 6.18. The van der Waals surface area contributed by atoms with Crippen LogP contribution in [0.15, 0.2) is 59.5 Å². The van der Waals surface area contributed by atoms with Gasteiger partial charge in [-0.3, -0.25) is 4.79 Å². The first-order valence-corrected chi connectivity index (χ1v) is 11.6. The van der Waals surface area contributed by atoms with E-state index in [1.54, 1.807) is 7.11 Å². The van der Waals surface area contributed by atoms with E-state index in [9.17, 15) is 4.79 Å². The zero-order chi connectivity index (χ0) is 22.7. The van der Waals surface area contributed by atoms with E-state index in [-0.39, 0.29) is 11.4 Å². The summed E-state index contributed by atoms with van der Waals surface area (Å²) in [6.07, 6.45) is 1.95. The van der Waals surface area contributed by atoms with E-state index in [4.69, 9.17) is 9.47 Å². The Morgan fingerprint density at radius 3 is 2.59 bits per heavy atom. The third-order valence-electron chi connectivity index (χ3n) is 5.15. The van der Waals surface area contributed by atoms with Crippen LogP contribution in [0.3, 0.4) is 0 Å². The van der Waals surface area contributed by atoms with Crippen LogP contribution in [0.2, 0.25) is 0 Å². The molecule has 166 valence electrons. The Morgan fingerprint density at radius 2 is 1.84 bits per heavy atom. The summed E-state index contributed by atoms with van der Waals surface area (Å²) in [5.41, 5.74) is 2.68. The van der Waals surface area contributed by atoms with Crippen molar-refractivity contribution in [3.63, 3.8) is 0 Å². The molecule has 1 aliphatic heterocycles. The lowest BCUT2D eigenvalue weighted by Gasteiger charge is -2.16. The van der Waals surface area contributed by atoms with Crippen LogP contribution in [0.1, 0.15) is 25.0 Å². The highest BCUT2D eigenvalue weighted by molar-refractivity contribution is 8.05. The fourth-order valence-electron chi connectivity index (χ4n) is 3.59. The summed E-state index contributed by atoms with van der Waals surface area (Å²) < 4.78 is 11.5. The SMILES string of the molecule is COc1ccc(C)cc1NC1NC(=O)/C(=C/c2ccc(OCC(C)C)c3ccccc23)S1. The molecule has 1 aliphatic rings. The summed E-state index contributed by atoms with van der Waals surface area (Å²) >= 11 is 1.46. The molecule has 6 heteroatoms. The number of methoxy groups -OCH3 is 1. The van der Waals surface area contributed by atoms with Crippen LogP contribution < -0.4 is 20.1 Å². The molecule has 0 aromatic heterocycles. The van der Waals surface area contributed by atoms with Crippen molar-refractivity contribution >= 4 is 40.2 Å². The number of aryl methyl sites for hydroxylation is 1. The number of hydrogen-bond donors (Lipinski definition) is 2. The predicted molar refractivity (Wildman–Crippen MR) is 133 cm³/mol. The molecule has 1 amide bonds. The van der Waals surface area contributed by atoms with Gasteiger partial charge < -0.3 is 20.1 Å². The molecule has 0 bridgehead atoms. The van der Waals surface area contributed by atoms with Crippen molar-refractivity contribution in [3.05, 3.63) is 70.6 Å². The van der Waals surface area contributed by atoms with E-state index in [2.05, 4.69) is 36.6 Å². The van der Waals surface area contributed by atoms with Crippen molar-refractivity contribution in [1.29, 1.82) is 0 Å². The maximum atomic E-state index is 12.7. The Hall–Kier alpha value is -3.12. The van der Waals surface area contributed by atoms with Crippen LogP contribution in [0, 0.1) is 12.8 Å². The van der Waals surface area contributed by atoms with E-state index in [0.717, 1.165) is 39.1 Å². The van der Waals surface area contributed by atoms with Crippen LogP contribution in [0.5, 0.6) is 11.5 Å². The second kappa shape index (κ2) is 9.57. The molecule has 0 aliphatic carbocycles. The molecule has 3 aromatic carbocycles. The van der Waals surface area contributed by atoms with Crippen LogP contribution in [-0.4, -0.2) is 25.1 Å². The highest BCUT2D eigenvalue weighted by Gasteiger charge is 2.28. The average molecular weight is 449 g/mol. The first kappa shape index (κ1) is 22.1. The number of hydrogen-bond acceptors (Lipinski definition) is 5. The Balaban J connectivity index is 1.59. The Bertz CT molecular complexity index is 1170. The molecular formula is C26H28N2O3S. The second-order valence-electron chi connectivity index (χ2n) is 8.23. The largest absolute Gasteiger partial charge is 0.495 e. The molecule has 0 saturated carbocycles. The average Bonchev–Trinajstić information content (AvgIpc) is 3.11. The van der Waals surface area contributed by atoms with Crippen LogP contribution >= 0.6 is 11.8 Å². The molecule has 4 rings (SSSR count). The van der Waals surface area contributed by atoms with Gasteiger partial charge in [0.25, 0.3) is 5.91 Å². The minimum absolute atomic E-state index is 0.0941. The van der Waals surface area contributed by atoms with Gasteiger partial charge in [0.05, 0.1) is 24.3 Å². The number of carbonyl (C=O) groups excluding carboxylic acids is 1. The summed E-state index contributed by atoms with van der Waals surface area (Å²) in [6.45, 7) is 6.95. The normalized spacial score (nSPS) is 17.1. The van der Waals surface area contributed by atoms with E-state index in [1.807, 2.05) is 55.5 Å². The van der Waals surface area contributed by atoms with Crippen LogP contribution in [-0.2, 0) is 4.79 Å². The lowest BCUT2D eigenvalue weighted by molar-refractivity contribution is -0.116. The zero-order valence-corrected chi connectivity index (χ0v) is 19.6. The molecule has 1 heterocycles. The number of nitrogens with one attached hydrogen (secondary N) is 2. The number of anilines is 1. The van der Waals surface area contributed by atoms with E-state index in [0.29, 0.717) is 17.4 Å². The van der Waals surface area contributed by atoms with Crippen molar-refractivity contribution < 1.29 is 14.3 Å². The molecule has 1 unspecified atom stereocenters. The molecule has 2 N–H and O–H groups in total. The van der Waals surface area contributed by atoms with Gasteiger partial charge >= 0.3 is 0 Å². The highest BCUT2D eigenvalue weighted by Crippen LogP contribution is 2.36. The topological polar surface area (TPSA) is 59.6 Å². The zero-order valence-electron chi connectivity index (χ0n) is 18.8. The minimum atomic E-state index is -0.274. The van der Waals surface area contributed by atoms with Gasteiger partial charge in [-0.25, -0.2) is 0 Å². The molecule has 3 aromatic rings. The number of ether oxygens (including phenoxy) is 2. The summed E-state index contributed by atoms with van der Waals surface area (Å²) in [6, 6.07) is 18.1. The van der Waals surface area contributed by atoms with E-state index in [1.165, 1.54) is 11.8 Å². The number of benzene rings is 3. The van der Waals surface area contributed by atoms with Gasteiger partial charge in [0.15, 0.2) is 5.50 Å². The predicted octanol–water partition coefficient (Wildman–Crippen LogP) is 5.79. The molecule has 1 atom stereocenters. The maximum Gasteiger partial charge on any atom is 0.260 e. The summed E-state index contributed by atoms with van der Waals surface area (Å²) in [5, 5.41) is 8.47. The molecule has 1 saturated heterocycles. The van der Waals surface area contributed by atoms with E-state index < -0.39 is 0 Å². The number of thioether (sulfide) groups is 1. The van der Waals surface area contributed by atoms with Crippen molar-refractivity contribution in [2.75, 3.05) is 19.0 Å². The van der Waals surface area contributed by atoms with E-state index >= 15 is 0 Å². The van der Waals surface area contributed by atoms with Crippen molar-refractivity contribution in [2.24, 2.45) is 5.92 Å². The van der Waals surface area contributed by atoms with Gasteiger partial charge in [-0.05, 0) is 53.6 Å². The van der Waals surface area contributed by atoms with Gasteiger partial charge in [-0.2, -0.15) is 0 Å². The van der Waals surface area contributed by atoms with Crippen LogP contribution in [0.4, 0.5) is 5.69 Å². The molecule has 32 heavy (non-hydrogen) atoms. The molecule has 5 nitrogen and oxygen atoms in total. The monoisotopic (exact) mass is 448 g/mol. The number of rotatable bonds is 7. The first-order chi connectivity index (χ1) is 15.4. The Kier molecular flexibility index (Phi) is 6.61. The molecule has 0 spiro atoms. The summed E-state index contributed by atoms with van der Waals surface area (Å²) in [5.74, 6) is 1.96. The lowest BCUT2D eigenvalue weighted by atomic mass is 10.0. The highest BCUT2D eigenvalue weighted by atomic mass is 32.2. The van der Waals surface area contributed by atoms with Gasteiger partial charge in [0.1, 0.15) is 11.5 Å². The van der Waals surface area contributed by atoms with Crippen molar-refractivity contribution in [1.82, 2.24) is 5.32 Å². The number of carbonyl (C=O) groups is 1. The first-order valence-electron chi connectivity index (χ1n) is 10.7. The Labute approximate surface area is 193 Å². The van der Waals surface area contributed by atoms with Gasteiger partial charge in [0, 0.05) is 5.39 Å². The smallest absolute Gasteiger partial charge is 0.260 e. The van der Waals surface area contributed by atoms with Gasteiger partial charge in [-0.15, -0.1) is 0 Å². The fraction of sp³-hybridized carbons (Fsp3) is 0.269. The van der Waals surface area contributed by atoms with Crippen LogP contribution in [0.25, 0.3) is 16.8 Å². The molecular weight excluding hydrogens is 420 g/mol. The number of amides is 1. The fourth-order valence-corrected chi connectivity index (χ4v) is 4.55. The maximum absolute atomic E-state index is 12.7. The quantitative estimate of drug-likeness (QED) is 0.448. The summed E-state index contributed by atoms with van der Waals surface area (Å²) in [7, 11) is 1.64.